The third-order valence-electron chi connectivity index (χ3n) is 4.53. The van der Waals surface area contributed by atoms with Gasteiger partial charge in [0.05, 0.1) is 18.3 Å². The molecule has 0 amide bonds. The van der Waals surface area contributed by atoms with Crippen LogP contribution in [0.25, 0.3) is 6.08 Å². The number of carbonyl (C=O) groups excluding carboxylic acids is 1. The van der Waals surface area contributed by atoms with E-state index in [4.69, 9.17) is 14.0 Å². The molecule has 0 N–H and O–H groups in total. The Hall–Kier alpha value is -1.31. The summed E-state index contributed by atoms with van der Waals surface area (Å²) < 4.78 is 30.8. The largest absolute Gasteiger partial charge is 0.494 e. The molecular weight excluding hydrogens is 342 g/mol. The average Bonchev–Trinajstić information content (AvgIpc) is 2.73. The highest BCUT2D eigenvalue weighted by atomic mass is 32.2. The molecule has 2 rings (SSSR count). The predicted molar refractivity (Wildman–Crippen MR) is 100 cm³/mol. The number of thioether (sulfide) groups is 1. The maximum absolute atomic E-state index is 13.6. The number of hydrogen-bond donors (Lipinski definition) is 0. The van der Waals surface area contributed by atoms with Gasteiger partial charge in [0.15, 0.2) is 16.7 Å². The monoisotopic (exact) mass is 366 g/mol. The molecule has 0 saturated carbocycles. The summed E-state index contributed by atoms with van der Waals surface area (Å²) in [4.78, 5) is 11.4. The van der Waals surface area contributed by atoms with E-state index in [1.165, 1.54) is 31.9 Å². The maximum Gasteiger partial charge on any atom is 0.491 e. The minimum atomic E-state index is -0.562. The van der Waals surface area contributed by atoms with Gasteiger partial charge in [-0.25, -0.2) is 4.39 Å². The van der Waals surface area contributed by atoms with Gasteiger partial charge in [0.1, 0.15) is 0 Å². The lowest BCUT2D eigenvalue weighted by Gasteiger charge is -2.32. The standard InChI is InChI=1S/C18H24BFO4S/c1-12(21)25-11-14(19-23-17(2,3)18(4,5)24-19)9-13-7-8-15(20)16(10-13)22-6/h7-10H,11H2,1-6H3. The molecule has 7 heteroatoms. The molecule has 1 aromatic rings. The molecule has 0 spiro atoms. The van der Waals surface area contributed by atoms with E-state index in [-0.39, 0.29) is 10.9 Å². The van der Waals surface area contributed by atoms with E-state index in [1.54, 1.807) is 12.1 Å². The third-order valence-corrected chi connectivity index (χ3v) is 5.41. The van der Waals surface area contributed by atoms with Crippen molar-refractivity contribution in [3.05, 3.63) is 35.1 Å². The highest BCUT2D eigenvalue weighted by Gasteiger charge is 2.52. The van der Waals surface area contributed by atoms with E-state index in [0.29, 0.717) is 5.75 Å². The predicted octanol–water partition coefficient (Wildman–Crippen LogP) is 4.13. The molecule has 0 bridgehead atoms. The first-order valence-electron chi connectivity index (χ1n) is 8.09. The number of halogens is 1. The van der Waals surface area contributed by atoms with Crippen LogP contribution in [0.4, 0.5) is 4.39 Å². The average molecular weight is 366 g/mol. The Balaban J connectivity index is 2.35. The van der Waals surface area contributed by atoms with Crippen LogP contribution in [0.1, 0.15) is 40.2 Å². The van der Waals surface area contributed by atoms with Crippen molar-refractivity contribution in [1.29, 1.82) is 0 Å². The third kappa shape index (κ3) is 4.66. The minimum Gasteiger partial charge on any atom is -0.494 e. The topological polar surface area (TPSA) is 44.8 Å². The Morgan fingerprint density at radius 3 is 2.40 bits per heavy atom. The van der Waals surface area contributed by atoms with Gasteiger partial charge in [-0.05, 0) is 50.9 Å². The Labute approximate surface area is 153 Å². The van der Waals surface area contributed by atoms with Crippen LogP contribution in [0.15, 0.2) is 23.7 Å². The SMILES string of the molecule is COc1cc(C=C(CSC(C)=O)B2OC(C)(C)C(C)(C)O2)ccc1F. The summed E-state index contributed by atoms with van der Waals surface area (Å²) in [5.74, 6) is 0.183. The van der Waals surface area contributed by atoms with Gasteiger partial charge < -0.3 is 14.0 Å². The number of methoxy groups -OCH3 is 1. The van der Waals surface area contributed by atoms with Gasteiger partial charge in [-0.1, -0.05) is 23.9 Å². The van der Waals surface area contributed by atoms with Crippen LogP contribution in [-0.4, -0.2) is 36.3 Å². The Kier molecular flexibility index (Phi) is 6.02. The van der Waals surface area contributed by atoms with Gasteiger partial charge in [-0.3, -0.25) is 4.79 Å². The fourth-order valence-corrected chi connectivity index (χ4v) is 2.93. The van der Waals surface area contributed by atoms with Crippen molar-refractivity contribution in [2.45, 2.75) is 45.8 Å². The maximum atomic E-state index is 13.6. The van der Waals surface area contributed by atoms with Crippen LogP contribution in [0.2, 0.25) is 0 Å². The van der Waals surface area contributed by atoms with Crippen molar-refractivity contribution in [2.75, 3.05) is 12.9 Å². The van der Waals surface area contributed by atoms with Crippen molar-refractivity contribution in [3.63, 3.8) is 0 Å². The highest BCUT2D eigenvalue weighted by molar-refractivity contribution is 8.13. The highest BCUT2D eigenvalue weighted by Crippen LogP contribution is 2.39. The second-order valence-corrected chi connectivity index (χ2v) is 8.13. The number of carbonyl (C=O) groups is 1. The first-order chi connectivity index (χ1) is 11.6. The Bertz CT molecular complexity index is 672. The second kappa shape index (κ2) is 7.52. The number of ether oxygens (including phenoxy) is 1. The van der Waals surface area contributed by atoms with E-state index < -0.39 is 24.1 Å². The molecule has 0 aliphatic carbocycles. The van der Waals surface area contributed by atoms with Crippen LogP contribution < -0.4 is 4.74 Å². The van der Waals surface area contributed by atoms with Crippen molar-refractivity contribution < 1.29 is 23.2 Å². The smallest absolute Gasteiger partial charge is 0.491 e. The fraction of sp³-hybridized carbons (Fsp3) is 0.500. The first kappa shape index (κ1) is 20.0. The zero-order valence-corrected chi connectivity index (χ0v) is 16.3. The molecule has 25 heavy (non-hydrogen) atoms. The first-order valence-corrected chi connectivity index (χ1v) is 9.07. The van der Waals surface area contributed by atoms with Crippen molar-refractivity contribution >= 4 is 30.1 Å². The van der Waals surface area contributed by atoms with Crippen LogP contribution in [0.3, 0.4) is 0 Å². The van der Waals surface area contributed by atoms with E-state index in [1.807, 2.05) is 33.8 Å². The summed E-state index contributed by atoms with van der Waals surface area (Å²) in [7, 11) is 0.861. The minimum absolute atomic E-state index is 0.0131. The van der Waals surface area contributed by atoms with Crippen LogP contribution in [0.5, 0.6) is 5.75 Å². The lowest BCUT2D eigenvalue weighted by molar-refractivity contribution is -0.109. The molecular formula is C18H24BFO4S. The summed E-state index contributed by atoms with van der Waals surface area (Å²) in [5, 5.41) is 0.0131. The zero-order chi connectivity index (χ0) is 18.8. The van der Waals surface area contributed by atoms with Gasteiger partial charge in [0.2, 0.25) is 0 Å². The summed E-state index contributed by atoms with van der Waals surface area (Å²) in [6, 6.07) is 4.62. The molecule has 1 heterocycles. The molecule has 4 nitrogen and oxygen atoms in total. The number of benzene rings is 1. The summed E-state index contributed by atoms with van der Waals surface area (Å²) in [5.41, 5.74) is 0.621. The van der Waals surface area contributed by atoms with E-state index in [0.717, 1.165) is 11.0 Å². The molecule has 0 aromatic heterocycles. The van der Waals surface area contributed by atoms with Crippen LogP contribution in [0, 0.1) is 5.82 Å². The lowest BCUT2D eigenvalue weighted by Crippen LogP contribution is -2.41. The lowest BCUT2D eigenvalue weighted by atomic mass is 9.78. The van der Waals surface area contributed by atoms with E-state index >= 15 is 0 Å². The second-order valence-electron chi connectivity index (χ2n) is 6.98. The number of hydrogen-bond acceptors (Lipinski definition) is 5. The van der Waals surface area contributed by atoms with E-state index in [2.05, 4.69) is 0 Å². The zero-order valence-electron chi connectivity index (χ0n) is 15.5. The van der Waals surface area contributed by atoms with Gasteiger partial charge in [-0.15, -0.1) is 0 Å². The quantitative estimate of drug-likeness (QED) is 0.734. The van der Waals surface area contributed by atoms with Crippen LogP contribution >= 0.6 is 11.8 Å². The fourth-order valence-electron chi connectivity index (χ4n) is 2.34. The molecule has 136 valence electrons. The number of rotatable bonds is 5. The van der Waals surface area contributed by atoms with Gasteiger partial charge in [0, 0.05) is 12.7 Å². The Morgan fingerprint density at radius 2 is 1.88 bits per heavy atom. The van der Waals surface area contributed by atoms with Crippen molar-refractivity contribution in [3.8, 4) is 5.75 Å². The molecule has 1 aromatic carbocycles. The molecule has 0 unspecified atom stereocenters. The molecule has 1 aliphatic rings. The van der Waals surface area contributed by atoms with Gasteiger partial charge >= 0.3 is 7.12 Å². The van der Waals surface area contributed by atoms with E-state index in [9.17, 15) is 9.18 Å². The summed E-state index contributed by atoms with van der Waals surface area (Å²) in [6.07, 6.45) is 1.86. The molecule has 0 atom stereocenters. The van der Waals surface area contributed by atoms with Gasteiger partial charge in [0.25, 0.3) is 0 Å². The summed E-state index contributed by atoms with van der Waals surface area (Å²) >= 11 is 1.19. The molecule has 1 saturated heterocycles. The molecule has 1 fully saturated rings. The van der Waals surface area contributed by atoms with Gasteiger partial charge in [-0.2, -0.15) is 0 Å². The van der Waals surface area contributed by atoms with Crippen molar-refractivity contribution in [2.24, 2.45) is 0 Å². The summed E-state index contributed by atoms with van der Waals surface area (Å²) in [6.45, 7) is 9.42. The normalized spacial score (nSPS) is 19.2. The van der Waals surface area contributed by atoms with Crippen molar-refractivity contribution in [1.82, 2.24) is 0 Å². The Morgan fingerprint density at radius 1 is 1.28 bits per heavy atom. The molecule has 1 aliphatic heterocycles. The molecule has 0 radical (unpaired) electrons. The van der Waals surface area contributed by atoms with Crippen LogP contribution in [-0.2, 0) is 14.1 Å².